The van der Waals surface area contributed by atoms with Crippen molar-refractivity contribution in [3.8, 4) is 5.75 Å². The summed E-state index contributed by atoms with van der Waals surface area (Å²) in [6.07, 6.45) is 0. The molecule has 2 aromatic carbocycles. The van der Waals surface area contributed by atoms with Crippen molar-refractivity contribution in [1.29, 1.82) is 0 Å². The first-order valence-corrected chi connectivity index (χ1v) is 7.14. The van der Waals surface area contributed by atoms with Gasteiger partial charge >= 0.3 is 0 Å². The molecule has 0 aliphatic heterocycles. The smallest absolute Gasteiger partial charge is 0.272 e. The molecular weight excluding hydrogens is 292 g/mol. The molecule has 0 aliphatic carbocycles. The largest absolute Gasteiger partial charge is 0.497 e. The Bertz CT molecular complexity index is 930. The minimum atomic E-state index is -0.333. The summed E-state index contributed by atoms with van der Waals surface area (Å²) in [7, 11) is 3.15. The normalized spacial score (nSPS) is 10.5. The number of methoxy groups -OCH3 is 1. The van der Waals surface area contributed by atoms with Gasteiger partial charge in [0.05, 0.1) is 7.11 Å². The van der Waals surface area contributed by atoms with Crippen LogP contribution in [-0.2, 0) is 7.05 Å². The number of benzene rings is 2. The summed E-state index contributed by atoms with van der Waals surface area (Å²) in [6.45, 7) is 0. The molecule has 0 spiro atoms. The number of nitrogens with zero attached hydrogens (tertiary/aromatic N) is 1. The third-order valence-electron chi connectivity index (χ3n) is 3.71. The topological polar surface area (TPSA) is 60.3 Å². The molecule has 1 heterocycles. The van der Waals surface area contributed by atoms with Crippen molar-refractivity contribution in [3.63, 3.8) is 0 Å². The van der Waals surface area contributed by atoms with Crippen molar-refractivity contribution in [3.05, 3.63) is 70.6 Å². The summed E-state index contributed by atoms with van der Waals surface area (Å²) in [5, 5.41) is 4.01. The molecule has 23 heavy (non-hydrogen) atoms. The van der Waals surface area contributed by atoms with E-state index in [9.17, 15) is 9.59 Å². The van der Waals surface area contributed by atoms with Crippen LogP contribution in [0.2, 0.25) is 0 Å². The third-order valence-corrected chi connectivity index (χ3v) is 3.71. The number of amides is 1. The fraction of sp³-hybridized carbons (Fsp3) is 0.111. The van der Waals surface area contributed by atoms with E-state index in [4.69, 9.17) is 4.74 Å². The van der Waals surface area contributed by atoms with Crippen LogP contribution in [0.4, 0.5) is 5.69 Å². The van der Waals surface area contributed by atoms with Crippen LogP contribution in [0.1, 0.15) is 10.5 Å². The molecule has 5 nitrogen and oxygen atoms in total. The Morgan fingerprint density at radius 2 is 1.83 bits per heavy atom. The van der Waals surface area contributed by atoms with E-state index in [1.54, 1.807) is 50.6 Å². The van der Waals surface area contributed by atoms with Crippen LogP contribution in [0.5, 0.6) is 5.75 Å². The molecule has 0 atom stereocenters. The van der Waals surface area contributed by atoms with Crippen LogP contribution in [0.25, 0.3) is 10.8 Å². The van der Waals surface area contributed by atoms with Crippen LogP contribution < -0.4 is 15.6 Å². The summed E-state index contributed by atoms with van der Waals surface area (Å²) in [6, 6.07) is 16.0. The van der Waals surface area contributed by atoms with E-state index >= 15 is 0 Å². The molecule has 0 unspecified atom stereocenters. The van der Waals surface area contributed by atoms with E-state index < -0.39 is 0 Å². The van der Waals surface area contributed by atoms with Crippen molar-refractivity contribution in [2.45, 2.75) is 0 Å². The zero-order chi connectivity index (χ0) is 16.4. The quantitative estimate of drug-likeness (QED) is 0.809. The monoisotopic (exact) mass is 308 g/mol. The van der Waals surface area contributed by atoms with Crippen molar-refractivity contribution >= 4 is 22.4 Å². The first-order chi connectivity index (χ1) is 11.1. The Morgan fingerprint density at radius 1 is 1.09 bits per heavy atom. The average molecular weight is 308 g/mol. The number of fused-ring (bicyclic) bond motifs is 1. The van der Waals surface area contributed by atoms with Gasteiger partial charge in [-0.05, 0) is 41.8 Å². The maximum Gasteiger partial charge on any atom is 0.272 e. The van der Waals surface area contributed by atoms with Gasteiger partial charge in [-0.15, -0.1) is 0 Å². The van der Waals surface area contributed by atoms with Gasteiger partial charge in [-0.3, -0.25) is 9.59 Å². The molecule has 116 valence electrons. The Labute approximate surface area is 133 Å². The minimum absolute atomic E-state index is 0.219. The second kappa shape index (κ2) is 5.96. The maximum absolute atomic E-state index is 12.5. The van der Waals surface area contributed by atoms with E-state index in [2.05, 4.69) is 5.32 Å². The average Bonchev–Trinajstić information content (AvgIpc) is 2.58. The number of hydrogen-bond donors (Lipinski definition) is 1. The number of anilines is 1. The summed E-state index contributed by atoms with van der Waals surface area (Å²) < 4.78 is 6.53. The highest BCUT2D eigenvalue weighted by Gasteiger charge is 2.14. The second-order valence-corrected chi connectivity index (χ2v) is 5.17. The lowest BCUT2D eigenvalue weighted by molar-refractivity contribution is 0.101. The zero-order valence-electron chi connectivity index (χ0n) is 12.9. The van der Waals surface area contributed by atoms with Gasteiger partial charge in [-0.25, -0.2) is 0 Å². The predicted molar refractivity (Wildman–Crippen MR) is 90.1 cm³/mol. The van der Waals surface area contributed by atoms with Gasteiger partial charge in [-0.1, -0.05) is 18.2 Å². The minimum Gasteiger partial charge on any atom is -0.497 e. The summed E-state index contributed by atoms with van der Waals surface area (Å²) >= 11 is 0. The number of rotatable bonds is 3. The van der Waals surface area contributed by atoms with Gasteiger partial charge in [0.25, 0.3) is 11.5 Å². The van der Waals surface area contributed by atoms with Crippen molar-refractivity contribution in [2.24, 2.45) is 7.05 Å². The number of ether oxygens (including phenoxy) is 1. The number of aromatic nitrogens is 1. The molecule has 0 fully saturated rings. The SMILES string of the molecule is COc1ccc2c(=O)n(C)c(C(=O)Nc3ccccc3)cc2c1. The van der Waals surface area contributed by atoms with Crippen molar-refractivity contribution < 1.29 is 9.53 Å². The summed E-state index contributed by atoms with van der Waals surface area (Å²) in [4.78, 5) is 24.9. The zero-order valence-corrected chi connectivity index (χ0v) is 12.9. The molecule has 1 aromatic heterocycles. The first-order valence-electron chi connectivity index (χ1n) is 7.14. The fourth-order valence-electron chi connectivity index (χ4n) is 2.45. The van der Waals surface area contributed by atoms with Crippen LogP contribution in [0.15, 0.2) is 59.4 Å². The molecular formula is C18H16N2O3. The molecule has 0 saturated heterocycles. The molecule has 3 aromatic rings. The van der Waals surface area contributed by atoms with Gasteiger partial charge in [0, 0.05) is 18.1 Å². The maximum atomic E-state index is 12.5. The standard InChI is InChI=1S/C18H16N2O3/c1-20-16(17(21)19-13-6-4-3-5-7-13)11-12-10-14(23-2)8-9-15(12)18(20)22/h3-11H,1-2H3,(H,19,21). The molecule has 1 amide bonds. The lowest BCUT2D eigenvalue weighted by atomic mass is 10.1. The van der Waals surface area contributed by atoms with E-state index in [0.29, 0.717) is 27.9 Å². The van der Waals surface area contributed by atoms with E-state index in [0.717, 1.165) is 0 Å². The van der Waals surface area contributed by atoms with E-state index in [1.165, 1.54) is 4.57 Å². The Morgan fingerprint density at radius 3 is 2.52 bits per heavy atom. The van der Waals surface area contributed by atoms with Crippen LogP contribution >= 0.6 is 0 Å². The molecule has 5 heteroatoms. The summed E-state index contributed by atoms with van der Waals surface area (Å²) in [5.74, 6) is 0.306. The highest BCUT2D eigenvalue weighted by molar-refractivity contribution is 6.05. The fourth-order valence-corrected chi connectivity index (χ4v) is 2.45. The van der Waals surface area contributed by atoms with Crippen LogP contribution in [0.3, 0.4) is 0 Å². The first kappa shape index (κ1) is 14.8. The number of para-hydroxylation sites is 1. The number of pyridine rings is 1. The van der Waals surface area contributed by atoms with Gasteiger partial charge in [0.1, 0.15) is 11.4 Å². The van der Waals surface area contributed by atoms with Gasteiger partial charge in [-0.2, -0.15) is 0 Å². The Kier molecular flexibility index (Phi) is 3.85. The predicted octanol–water partition coefficient (Wildman–Crippen LogP) is 2.80. The molecule has 1 N–H and O–H groups in total. The number of carbonyl (C=O) groups excluding carboxylic acids is 1. The van der Waals surface area contributed by atoms with E-state index in [-0.39, 0.29) is 11.5 Å². The van der Waals surface area contributed by atoms with Gasteiger partial charge in [0.2, 0.25) is 0 Å². The van der Waals surface area contributed by atoms with E-state index in [1.807, 2.05) is 18.2 Å². The second-order valence-electron chi connectivity index (χ2n) is 5.17. The molecule has 0 aliphatic rings. The van der Waals surface area contributed by atoms with Gasteiger partial charge < -0.3 is 14.6 Å². The third kappa shape index (κ3) is 2.81. The molecule has 3 rings (SSSR count). The van der Waals surface area contributed by atoms with Crippen molar-refractivity contribution in [2.75, 3.05) is 12.4 Å². The Balaban J connectivity index is 2.08. The highest BCUT2D eigenvalue weighted by atomic mass is 16.5. The molecule has 0 bridgehead atoms. The Hall–Kier alpha value is -3.08. The highest BCUT2D eigenvalue weighted by Crippen LogP contribution is 2.19. The molecule has 0 radical (unpaired) electrons. The lowest BCUT2D eigenvalue weighted by Crippen LogP contribution is -2.26. The molecule has 0 saturated carbocycles. The number of hydrogen-bond acceptors (Lipinski definition) is 3. The number of nitrogens with one attached hydrogen (secondary N) is 1. The number of carbonyl (C=O) groups is 1. The van der Waals surface area contributed by atoms with Crippen molar-refractivity contribution in [1.82, 2.24) is 4.57 Å². The van der Waals surface area contributed by atoms with Crippen LogP contribution in [0, 0.1) is 0 Å². The van der Waals surface area contributed by atoms with Crippen LogP contribution in [-0.4, -0.2) is 17.6 Å². The summed E-state index contributed by atoms with van der Waals surface area (Å²) in [5.41, 5.74) is 0.749. The van der Waals surface area contributed by atoms with Gasteiger partial charge in [0.15, 0.2) is 0 Å². The lowest BCUT2D eigenvalue weighted by Gasteiger charge is -2.11.